The monoisotopic (exact) mass is 492 g/mol. The fourth-order valence-electron chi connectivity index (χ4n) is 3.36. The van der Waals surface area contributed by atoms with Gasteiger partial charge in [-0.1, -0.05) is 0 Å². The highest BCUT2D eigenvalue weighted by Gasteiger charge is 2.30. The minimum Gasteiger partial charge on any atom is -0.497 e. The molecule has 1 fully saturated rings. The van der Waals surface area contributed by atoms with Gasteiger partial charge in [-0.2, -0.15) is 0 Å². The Morgan fingerprint density at radius 1 is 1.14 bits per heavy atom. The fraction of sp³-hybridized carbons (Fsp3) is 0.400. The summed E-state index contributed by atoms with van der Waals surface area (Å²) in [6.07, 6.45) is 5.05. The number of nitro benzene ring substituents is 3. The molecule has 188 valence electrons. The van der Waals surface area contributed by atoms with Crippen molar-refractivity contribution in [3.8, 4) is 11.6 Å². The number of ether oxygens (including phenoxy) is 1. The van der Waals surface area contributed by atoms with Crippen molar-refractivity contribution in [2.45, 2.75) is 19.3 Å². The number of amides is 1. The lowest BCUT2D eigenvalue weighted by molar-refractivity contribution is -0.404. The molecule has 1 aliphatic rings. The van der Waals surface area contributed by atoms with Crippen molar-refractivity contribution >= 4 is 23.0 Å². The SMILES string of the molecule is COc1ncccc1C(=O)NCCC1CCNCC1.O=[N+]([O-])c1cc([N+](=O)[O-])c(O)c([N+](=O)[O-])c1. The number of phenolic OH excluding ortho intramolecular Hbond substituents is 1. The quantitative estimate of drug-likeness (QED) is 0.359. The second-order valence-electron chi connectivity index (χ2n) is 7.40. The Hall–Kier alpha value is -4.40. The van der Waals surface area contributed by atoms with Gasteiger partial charge in [-0.3, -0.25) is 35.1 Å². The molecule has 3 N–H and O–H groups in total. The number of nitro groups is 3. The van der Waals surface area contributed by atoms with Gasteiger partial charge in [-0.05, 0) is 50.4 Å². The van der Waals surface area contributed by atoms with Crippen LogP contribution in [0.25, 0.3) is 0 Å². The lowest BCUT2D eigenvalue weighted by atomic mass is 9.95. The molecule has 0 aliphatic carbocycles. The smallest absolute Gasteiger partial charge is 0.324 e. The van der Waals surface area contributed by atoms with E-state index in [1.165, 1.54) is 20.0 Å². The summed E-state index contributed by atoms with van der Waals surface area (Å²) in [5, 5.41) is 46.5. The summed E-state index contributed by atoms with van der Waals surface area (Å²) < 4.78 is 5.08. The number of pyridine rings is 1. The van der Waals surface area contributed by atoms with E-state index in [9.17, 15) is 35.1 Å². The minimum absolute atomic E-state index is 0.112. The third kappa shape index (κ3) is 7.56. The van der Waals surface area contributed by atoms with Crippen molar-refractivity contribution in [3.05, 3.63) is 66.4 Å². The predicted molar refractivity (Wildman–Crippen MR) is 121 cm³/mol. The molecule has 3 rings (SSSR count). The summed E-state index contributed by atoms with van der Waals surface area (Å²) in [4.78, 5) is 43.8. The number of aromatic nitrogens is 1. The van der Waals surface area contributed by atoms with Crippen LogP contribution in [-0.2, 0) is 0 Å². The number of hydrogen-bond donors (Lipinski definition) is 3. The fourth-order valence-corrected chi connectivity index (χ4v) is 3.36. The summed E-state index contributed by atoms with van der Waals surface area (Å²) >= 11 is 0. The van der Waals surface area contributed by atoms with Crippen LogP contribution in [0.1, 0.15) is 29.6 Å². The maximum absolute atomic E-state index is 12.0. The molecule has 2 aromatic rings. The third-order valence-electron chi connectivity index (χ3n) is 5.16. The first-order chi connectivity index (χ1) is 16.6. The summed E-state index contributed by atoms with van der Waals surface area (Å²) in [7, 11) is 1.52. The first kappa shape index (κ1) is 26.8. The van der Waals surface area contributed by atoms with Crippen LogP contribution < -0.4 is 15.4 Å². The van der Waals surface area contributed by atoms with Gasteiger partial charge in [0, 0.05) is 12.7 Å². The van der Waals surface area contributed by atoms with Crippen molar-refractivity contribution in [2.75, 3.05) is 26.7 Å². The van der Waals surface area contributed by atoms with Crippen LogP contribution in [-0.4, -0.2) is 57.5 Å². The topological polar surface area (TPSA) is 213 Å². The Bertz CT molecular complexity index is 1050. The number of nitrogens with zero attached hydrogens (tertiary/aromatic N) is 4. The molecule has 1 aromatic heterocycles. The number of nitrogens with one attached hydrogen (secondary N) is 2. The lowest BCUT2D eigenvalue weighted by Crippen LogP contribution is -2.31. The van der Waals surface area contributed by atoms with Gasteiger partial charge in [0.05, 0.1) is 34.0 Å². The molecule has 0 atom stereocenters. The summed E-state index contributed by atoms with van der Waals surface area (Å²) in [6, 6.07) is 4.36. The van der Waals surface area contributed by atoms with Gasteiger partial charge >= 0.3 is 11.4 Å². The van der Waals surface area contributed by atoms with Gasteiger partial charge in [0.25, 0.3) is 17.3 Å². The molecular weight excluding hydrogens is 468 g/mol. The molecule has 0 radical (unpaired) electrons. The zero-order valence-electron chi connectivity index (χ0n) is 18.7. The van der Waals surface area contributed by atoms with Crippen LogP contribution in [0.2, 0.25) is 0 Å². The highest BCUT2D eigenvalue weighted by Crippen LogP contribution is 2.38. The van der Waals surface area contributed by atoms with E-state index in [2.05, 4.69) is 15.6 Å². The Morgan fingerprint density at radius 2 is 1.74 bits per heavy atom. The van der Waals surface area contributed by atoms with Crippen LogP contribution in [0.15, 0.2) is 30.5 Å². The van der Waals surface area contributed by atoms with E-state index in [-0.39, 0.29) is 5.91 Å². The molecule has 1 aromatic carbocycles. The summed E-state index contributed by atoms with van der Waals surface area (Å²) in [6.45, 7) is 2.89. The second-order valence-corrected chi connectivity index (χ2v) is 7.40. The average molecular weight is 492 g/mol. The van der Waals surface area contributed by atoms with E-state index in [0.717, 1.165) is 25.4 Å². The normalized spacial score (nSPS) is 13.2. The minimum atomic E-state index is -1.21. The first-order valence-corrected chi connectivity index (χ1v) is 10.4. The first-order valence-electron chi connectivity index (χ1n) is 10.4. The van der Waals surface area contributed by atoms with E-state index in [1.807, 2.05) is 0 Å². The highest BCUT2D eigenvalue weighted by molar-refractivity contribution is 5.96. The maximum atomic E-state index is 12.0. The van der Waals surface area contributed by atoms with Crippen LogP contribution in [0.5, 0.6) is 11.6 Å². The van der Waals surface area contributed by atoms with E-state index in [1.54, 1.807) is 18.3 Å². The van der Waals surface area contributed by atoms with E-state index in [4.69, 9.17) is 9.84 Å². The van der Waals surface area contributed by atoms with Crippen LogP contribution in [0.3, 0.4) is 0 Å². The molecule has 0 unspecified atom stereocenters. The molecule has 15 nitrogen and oxygen atoms in total. The van der Waals surface area contributed by atoms with Crippen molar-refractivity contribution in [3.63, 3.8) is 0 Å². The molecule has 2 heterocycles. The number of benzene rings is 1. The van der Waals surface area contributed by atoms with E-state index >= 15 is 0 Å². The van der Waals surface area contributed by atoms with Crippen molar-refractivity contribution in [2.24, 2.45) is 5.92 Å². The Labute approximate surface area is 198 Å². The van der Waals surface area contributed by atoms with E-state index < -0.39 is 37.6 Å². The Kier molecular flexibility index (Phi) is 9.77. The predicted octanol–water partition coefficient (Wildman–Crippen LogP) is 2.33. The number of carbonyl (C=O) groups excluding carboxylic acids is 1. The highest BCUT2D eigenvalue weighted by atomic mass is 16.6. The van der Waals surface area contributed by atoms with Crippen LogP contribution >= 0.6 is 0 Å². The second kappa shape index (κ2) is 12.7. The molecule has 15 heteroatoms. The molecular formula is C20H24N6O9. The number of aromatic hydroxyl groups is 1. The van der Waals surface area contributed by atoms with Crippen LogP contribution in [0, 0.1) is 36.3 Å². The summed E-state index contributed by atoms with van der Waals surface area (Å²) in [5.74, 6) is -0.223. The third-order valence-corrected chi connectivity index (χ3v) is 5.16. The standard InChI is InChI=1S/C14H21N3O2.C6H3N3O7/c1-19-14-12(3-2-7-17-14)13(18)16-10-6-11-4-8-15-9-5-11;10-6-4(8(13)14)1-3(7(11)12)2-5(6)9(15)16/h2-3,7,11,15H,4-6,8-10H2,1H3,(H,16,18);1-2,10H. The van der Waals surface area contributed by atoms with Gasteiger partial charge in [0.15, 0.2) is 0 Å². The largest absolute Gasteiger partial charge is 0.497 e. The molecule has 0 spiro atoms. The van der Waals surface area contributed by atoms with Gasteiger partial charge in [-0.25, -0.2) is 4.98 Å². The number of phenols is 1. The maximum Gasteiger partial charge on any atom is 0.324 e. The summed E-state index contributed by atoms with van der Waals surface area (Å²) in [5.41, 5.74) is -2.51. The van der Waals surface area contributed by atoms with E-state index in [0.29, 0.717) is 30.1 Å². The lowest BCUT2D eigenvalue weighted by Gasteiger charge is -2.22. The number of rotatable bonds is 8. The molecule has 35 heavy (non-hydrogen) atoms. The molecule has 1 amide bonds. The number of carbonyl (C=O) groups is 1. The average Bonchev–Trinajstić information content (AvgIpc) is 2.84. The molecule has 1 aliphatic heterocycles. The molecule has 0 bridgehead atoms. The van der Waals surface area contributed by atoms with Crippen molar-refractivity contribution in [1.82, 2.24) is 15.6 Å². The Morgan fingerprint density at radius 3 is 2.26 bits per heavy atom. The van der Waals surface area contributed by atoms with Gasteiger partial charge in [-0.15, -0.1) is 0 Å². The van der Waals surface area contributed by atoms with Crippen molar-refractivity contribution < 1.29 is 29.4 Å². The van der Waals surface area contributed by atoms with Crippen molar-refractivity contribution in [1.29, 1.82) is 0 Å². The van der Waals surface area contributed by atoms with Gasteiger partial charge < -0.3 is 20.5 Å². The number of piperidine rings is 1. The number of hydrogen-bond acceptors (Lipinski definition) is 11. The Balaban J connectivity index is 0.000000251. The number of non-ortho nitro benzene ring substituents is 1. The van der Waals surface area contributed by atoms with Gasteiger partial charge in [0.2, 0.25) is 5.88 Å². The molecule has 1 saturated heterocycles. The van der Waals surface area contributed by atoms with Crippen LogP contribution in [0.4, 0.5) is 17.1 Å². The molecule has 0 saturated carbocycles. The zero-order valence-corrected chi connectivity index (χ0v) is 18.7. The zero-order chi connectivity index (χ0) is 26.0. The number of methoxy groups -OCH3 is 1. The van der Waals surface area contributed by atoms with Gasteiger partial charge in [0.1, 0.15) is 5.56 Å².